The highest BCUT2D eigenvalue weighted by Gasteiger charge is 2.30. The molecule has 176 valence electrons. The Hall–Kier alpha value is -3.75. The molecule has 0 bridgehead atoms. The van der Waals surface area contributed by atoms with E-state index in [4.69, 9.17) is 14.5 Å². The van der Waals surface area contributed by atoms with E-state index >= 15 is 0 Å². The highest BCUT2D eigenvalue weighted by Crippen LogP contribution is 2.33. The second kappa shape index (κ2) is 9.24. The molecule has 0 radical (unpaired) electrons. The minimum Gasteiger partial charge on any atom is -0.496 e. The van der Waals surface area contributed by atoms with Crippen molar-refractivity contribution in [1.82, 2.24) is 14.9 Å². The Bertz CT molecular complexity index is 1230. The number of fused-ring (bicyclic) bond motifs is 1. The predicted molar refractivity (Wildman–Crippen MR) is 121 cm³/mol. The Kier molecular flexibility index (Phi) is 6.00. The van der Waals surface area contributed by atoms with Gasteiger partial charge in [0.25, 0.3) is 5.91 Å². The quantitative estimate of drug-likeness (QED) is 0.557. The number of carbonyl (C=O) groups excluding carboxylic acids is 1. The van der Waals surface area contributed by atoms with Crippen molar-refractivity contribution in [3.8, 4) is 17.4 Å². The van der Waals surface area contributed by atoms with Crippen LogP contribution in [0, 0.1) is 11.6 Å². The average Bonchev–Trinajstić information content (AvgIpc) is 3.40. The number of hydrogen-bond acceptors (Lipinski definition) is 6. The highest BCUT2D eigenvalue weighted by atomic mass is 19.2. The first-order chi connectivity index (χ1) is 16.5. The number of anilines is 1. The molecular weight excluding hydrogens is 442 g/mol. The van der Waals surface area contributed by atoms with E-state index in [2.05, 4.69) is 9.88 Å². The molecule has 0 saturated carbocycles. The maximum atomic E-state index is 13.8. The Morgan fingerprint density at radius 3 is 2.56 bits per heavy atom. The summed E-state index contributed by atoms with van der Waals surface area (Å²) in [6.07, 6.45) is 2.63. The molecule has 0 aliphatic carbocycles. The lowest BCUT2D eigenvalue weighted by molar-refractivity contribution is 0.0728. The fraction of sp³-hybridized carbons (Fsp3) is 0.320. The minimum atomic E-state index is -1.01. The average molecular weight is 466 g/mol. The molecule has 5 rings (SSSR count). The lowest BCUT2D eigenvalue weighted by atomic mass is 10.0. The summed E-state index contributed by atoms with van der Waals surface area (Å²) in [5.41, 5.74) is 1.91. The van der Waals surface area contributed by atoms with E-state index in [1.165, 1.54) is 13.2 Å². The van der Waals surface area contributed by atoms with Crippen LogP contribution < -0.4 is 14.4 Å². The Morgan fingerprint density at radius 1 is 1.00 bits per heavy atom. The molecule has 7 nitrogen and oxygen atoms in total. The fourth-order valence-electron chi connectivity index (χ4n) is 4.33. The molecule has 0 N–H and O–H groups in total. The zero-order chi connectivity index (χ0) is 23.7. The number of rotatable bonds is 5. The molecular formula is C25H24F2N4O3. The lowest BCUT2D eigenvalue weighted by Gasteiger charge is -2.30. The van der Waals surface area contributed by atoms with Crippen LogP contribution in [0.2, 0.25) is 0 Å². The van der Waals surface area contributed by atoms with Gasteiger partial charge in [-0.2, -0.15) is 4.98 Å². The number of halogens is 2. The molecule has 0 spiro atoms. The molecule has 9 heteroatoms. The molecule has 2 aromatic carbocycles. The molecule has 0 unspecified atom stereocenters. The van der Waals surface area contributed by atoms with E-state index in [1.807, 2.05) is 6.07 Å². The van der Waals surface area contributed by atoms with Crippen LogP contribution in [-0.2, 0) is 13.0 Å². The summed E-state index contributed by atoms with van der Waals surface area (Å²) in [6.45, 7) is 2.40. The third-order valence-corrected chi connectivity index (χ3v) is 6.13. The van der Waals surface area contributed by atoms with Gasteiger partial charge in [0.2, 0.25) is 11.8 Å². The molecule has 3 aromatic rings. The first-order valence-corrected chi connectivity index (χ1v) is 11.2. The Morgan fingerprint density at radius 2 is 1.79 bits per heavy atom. The topological polar surface area (TPSA) is 67.8 Å². The van der Waals surface area contributed by atoms with Gasteiger partial charge in [-0.15, -0.1) is 0 Å². The molecule has 1 saturated heterocycles. The van der Waals surface area contributed by atoms with Crippen molar-refractivity contribution in [2.24, 2.45) is 0 Å². The zero-order valence-corrected chi connectivity index (χ0v) is 18.8. The van der Waals surface area contributed by atoms with Gasteiger partial charge in [0.1, 0.15) is 11.5 Å². The summed E-state index contributed by atoms with van der Waals surface area (Å²) >= 11 is 0. The van der Waals surface area contributed by atoms with Gasteiger partial charge in [0.05, 0.1) is 30.5 Å². The predicted octanol–water partition coefficient (Wildman–Crippen LogP) is 4.35. The van der Waals surface area contributed by atoms with Crippen molar-refractivity contribution >= 4 is 11.9 Å². The fourth-order valence-corrected chi connectivity index (χ4v) is 4.33. The molecule has 34 heavy (non-hydrogen) atoms. The molecule has 1 aromatic heterocycles. The molecule has 2 aliphatic heterocycles. The van der Waals surface area contributed by atoms with Gasteiger partial charge in [0, 0.05) is 32.1 Å². The maximum absolute atomic E-state index is 13.8. The number of methoxy groups -OCH3 is 1. The molecule has 1 amide bonds. The number of amides is 1. The van der Waals surface area contributed by atoms with Gasteiger partial charge < -0.3 is 19.3 Å². The van der Waals surface area contributed by atoms with Crippen molar-refractivity contribution in [3.63, 3.8) is 0 Å². The number of hydrogen-bond donors (Lipinski definition) is 0. The standard InChI is InChI=1S/C25H24F2N4O3/c1-33-22-7-3-2-6-17(22)24(32)31-13-10-21-18(15-31)23(29-25(28-21)30-11-4-5-12-30)34-16-8-9-19(26)20(27)14-16/h2-3,6-9,14H,4-5,10-13,15H2,1H3. The van der Waals surface area contributed by atoms with Crippen LogP contribution in [0.3, 0.4) is 0 Å². The number of carbonyl (C=O) groups is 1. The molecule has 3 heterocycles. The third-order valence-electron chi connectivity index (χ3n) is 6.13. The van der Waals surface area contributed by atoms with Crippen molar-refractivity contribution in [1.29, 1.82) is 0 Å². The summed E-state index contributed by atoms with van der Waals surface area (Å²) < 4.78 is 38.5. The Balaban J connectivity index is 1.50. The van der Waals surface area contributed by atoms with E-state index < -0.39 is 11.6 Å². The number of benzene rings is 2. The number of para-hydroxylation sites is 1. The van der Waals surface area contributed by atoms with Crippen molar-refractivity contribution < 1.29 is 23.0 Å². The normalized spacial score (nSPS) is 15.3. The number of ether oxygens (including phenoxy) is 2. The van der Waals surface area contributed by atoms with Crippen LogP contribution in [0.1, 0.15) is 34.5 Å². The van der Waals surface area contributed by atoms with Gasteiger partial charge >= 0.3 is 0 Å². The van der Waals surface area contributed by atoms with Crippen LogP contribution in [0.25, 0.3) is 0 Å². The van der Waals surface area contributed by atoms with Crippen LogP contribution in [0.5, 0.6) is 17.4 Å². The van der Waals surface area contributed by atoms with E-state index in [0.717, 1.165) is 43.8 Å². The highest BCUT2D eigenvalue weighted by molar-refractivity contribution is 5.97. The first kappa shape index (κ1) is 22.1. The molecule has 0 atom stereocenters. The minimum absolute atomic E-state index is 0.125. The van der Waals surface area contributed by atoms with Crippen LogP contribution in [0.4, 0.5) is 14.7 Å². The van der Waals surface area contributed by atoms with Crippen LogP contribution in [0.15, 0.2) is 42.5 Å². The summed E-state index contributed by atoms with van der Waals surface area (Å²) in [4.78, 5) is 26.5. The van der Waals surface area contributed by atoms with Crippen LogP contribution in [-0.4, -0.2) is 47.5 Å². The summed E-state index contributed by atoms with van der Waals surface area (Å²) in [7, 11) is 1.53. The first-order valence-electron chi connectivity index (χ1n) is 11.2. The molecule has 2 aliphatic rings. The lowest BCUT2D eigenvalue weighted by Crippen LogP contribution is -2.37. The molecule has 1 fully saturated rings. The second-order valence-corrected chi connectivity index (χ2v) is 8.30. The van der Waals surface area contributed by atoms with Gasteiger partial charge in [-0.25, -0.2) is 13.8 Å². The van der Waals surface area contributed by atoms with E-state index in [1.54, 1.807) is 23.1 Å². The maximum Gasteiger partial charge on any atom is 0.257 e. The Labute approximate surface area is 195 Å². The van der Waals surface area contributed by atoms with Crippen molar-refractivity contribution in [2.75, 3.05) is 31.6 Å². The summed E-state index contributed by atoms with van der Waals surface area (Å²) in [6, 6.07) is 10.4. The SMILES string of the molecule is COc1ccccc1C(=O)N1CCc2nc(N3CCCC3)nc(Oc3ccc(F)c(F)c3)c2C1. The zero-order valence-electron chi connectivity index (χ0n) is 18.8. The monoisotopic (exact) mass is 466 g/mol. The van der Waals surface area contributed by atoms with E-state index in [-0.39, 0.29) is 24.1 Å². The van der Waals surface area contributed by atoms with E-state index in [9.17, 15) is 13.6 Å². The number of nitrogens with zero attached hydrogens (tertiary/aromatic N) is 4. The van der Waals surface area contributed by atoms with E-state index in [0.29, 0.717) is 35.8 Å². The summed E-state index contributed by atoms with van der Waals surface area (Å²) in [5, 5.41) is 0. The smallest absolute Gasteiger partial charge is 0.257 e. The largest absolute Gasteiger partial charge is 0.496 e. The van der Waals surface area contributed by atoms with Gasteiger partial charge in [-0.1, -0.05) is 12.1 Å². The second-order valence-electron chi connectivity index (χ2n) is 8.30. The van der Waals surface area contributed by atoms with Crippen molar-refractivity contribution in [2.45, 2.75) is 25.8 Å². The third kappa shape index (κ3) is 4.25. The van der Waals surface area contributed by atoms with Gasteiger partial charge in [0.15, 0.2) is 11.6 Å². The van der Waals surface area contributed by atoms with Crippen LogP contribution >= 0.6 is 0 Å². The van der Waals surface area contributed by atoms with Gasteiger partial charge in [-0.3, -0.25) is 4.79 Å². The van der Waals surface area contributed by atoms with Crippen molar-refractivity contribution in [3.05, 3.63) is 70.9 Å². The van der Waals surface area contributed by atoms with Gasteiger partial charge in [-0.05, 0) is 37.1 Å². The number of aromatic nitrogens is 2. The summed E-state index contributed by atoms with van der Waals surface area (Å²) in [5.74, 6) is -0.714.